The van der Waals surface area contributed by atoms with Crippen molar-refractivity contribution in [3.05, 3.63) is 29.8 Å². The third-order valence-electron chi connectivity index (χ3n) is 3.71. The van der Waals surface area contributed by atoms with Crippen molar-refractivity contribution in [2.75, 3.05) is 18.1 Å². The van der Waals surface area contributed by atoms with Crippen LogP contribution in [0.5, 0.6) is 0 Å². The van der Waals surface area contributed by atoms with Crippen LogP contribution >= 0.6 is 11.8 Å². The number of carbonyl (C=O) groups is 1. The quantitative estimate of drug-likeness (QED) is 0.856. The van der Waals surface area contributed by atoms with E-state index >= 15 is 0 Å². The number of hydrogen-bond acceptors (Lipinski definition) is 3. The van der Waals surface area contributed by atoms with E-state index in [1.807, 2.05) is 23.9 Å². The highest BCUT2D eigenvalue weighted by molar-refractivity contribution is 8.00. The van der Waals surface area contributed by atoms with Crippen molar-refractivity contribution in [2.45, 2.75) is 30.4 Å². The van der Waals surface area contributed by atoms with Crippen molar-refractivity contribution in [3.63, 3.8) is 0 Å². The van der Waals surface area contributed by atoms with E-state index < -0.39 is 5.97 Å². The van der Waals surface area contributed by atoms with E-state index in [9.17, 15) is 4.79 Å². The van der Waals surface area contributed by atoms with Crippen molar-refractivity contribution in [1.29, 1.82) is 0 Å². The molecule has 0 bridgehead atoms. The van der Waals surface area contributed by atoms with Gasteiger partial charge in [0.25, 0.3) is 0 Å². The lowest BCUT2D eigenvalue weighted by molar-refractivity contribution is 0.0698. The Hall–Kier alpha value is -1.16. The number of carboxylic acid groups (broad SMARTS) is 1. The maximum absolute atomic E-state index is 11.1. The molecule has 0 aliphatic heterocycles. The fourth-order valence-corrected chi connectivity index (χ4v) is 3.47. The summed E-state index contributed by atoms with van der Waals surface area (Å²) < 4.78 is 0.283. The highest BCUT2D eigenvalue weighted by Crippen LogP contribution is 2.40. The van der Waals surface area contributed by atoms with Gasteiger partial charge in [0.05, 0.1) is 5.56 Å². The van der Waals surface area contributed by atoms with E-state index in [4.69, 9.17) is 5.11 Å². The first-order chi connectivity index (χ1) is 8.67. The molecule has 0 saturated heterocycles. The van der Waals surface area contributed by atoms with Crippen LogP contribution in [0.4, 0.5) is 5.69 Å². The van der Waals surface area contributed by atoms with Crippen molar-refractivity contribution >= 4 is 23.4 Å². The summed E-state index contributed by atoms with van der Waals surface area (Å²) in [6.45, 7) is 0.846. The Bertz CT molecular complexity index is 428. The summed E-state index contributed by atoms with van der Waals surface area (Å²) in [5.41, 5.74) is 1.08. The van der Waals surface area contributed by atoms with E-state index in [1.54, 1.807) is 12.1 Å². The maximum atomic E-state index is 11.1. The summed E-state index contributed by atoms with van der Waals surface area (Å²) in [7, 11) is 0. The lowest BCUT2D eigenvalue weighted by Crippen LogP contribution is -2.30. The smallest absolute Gasteiger partial charge is 0.337 e. The van der Waals surface area contributed by atoms with Crippen LogP contribution in [0.3, 0.4) is 0 Å². The van der Waals surface area contributed by atoms with Crippen LogP contribution in [0.1, 0.15) is 36.0 Å². The Morgan fingerprint density at radius 1 is 1.39 bits per heavy atom. The van der Waals surface area contributed by atoms with Gasteiger partial charge in [-0.1, -0.05) is 25.0 Å². The third-order valence-corrected chi connectivity index (χ3v) is 5.12. The Morgan fingerprint density at radius 2 is 2.06 bits per heavy atom. The monoisotopic (exact) mass is 265 g/mol. The second-order valence-electron chi connectivity index (χ2n) is 4.80. The molecule has 18 heavy (non-hydrogen) atoms. The first-order valence-corrected chi connectivity index (χ1v) is 7.51. The van der Waals surface area contributed by atoms with Crippen molar-refractivity contribution in [2.24, 2.45) is 0 Å². The molecule has 1 fully saturated rings. The molecule has 0 radical (unpaired) electrons. The van der Waals surface area contributed by atoms with Crippen LogP contribution in [0.15, 0.2) is 24.3 Å². The van der Waals surface area contributed by atoms with Gasteiger partial charge in [-0.15, -0.1) is 0 Å². The Morgan fingerprint density at radius 3 is 2.67 bits per heavy atom. The number of carboxylic acids is 1. The standard InChI is InChI=1S/C14H19NO2S/c1-18-14(8-4-5-9-14)10-15-12-7-3-2-6-11(12)13(16)17/h2-3,6-7,15H,4-5,8-10H2,1H3,(H,16,17). The molecule has 2 rings (SSSR count). The fraction of sp³-hybridized carbons (Fsp3) is 0.500. The fourth-order valence-electron chi connectivity index (χ4n) is 2.55. The van der Waals surface area contributed by atoms with Crippen LogP contribution < -0.4 is 5.32 Å². The van der Waals surface area contributed by atoms with E-state index in [0.29, 0.717) is 5.56 Å². The first kappa shape index (κ1) is 13.3. The molecule has 4 heteroatoms. The van der Waals surface area contributed by atoms with E-state index in [-0.39, 0.29) is 4.75 Å². The van der Waals surface area contributed by atoms with Gasteiger partial charge >= 0.3 is 5.97 Å². The van der Waals surface area contributed by atoms with Gasteiger partial charge in [-0.3, -0.25) is 0 Å². The zero-order valence-corrected chi connectivity index (χ0v) is 11.4. The van der Waals surface area contributed by atoms with Crippen molar-refractivity contribution in [3.8, 4) is 0 Å². The minimum Gasteiger partial charge on any atom is -0.478 e. The minimum absolute atomic E-state index is 0.283. The molecule has 1 aliphatic carbocycles. The molecule has 1 aromatic rings. The normalized spacial score (nSPS) is 17.6. The average Bonchev–Trinajstić information content (AvgIpc) is 2.86. The van der Waals surface area contributed by atoms with E-state index in [2.05, 4.69) is 11.6 Å². The molecule has 3 nitrogen and oxygen atoms in total. The number of hydrogen-bond donors (Lipinski definition) is 2. The highest BCUT2D eigenvalue weighted by atomic mass is 32.2. The van der Waals surface area contributed by atoms with Crippen LogP contribution in [0.25, 0.3) is 0 Å². The van der Waals surface area contributed by atoms with Crippen LogP contribution in [0.2, 0.25) is 0 Å². The number of rotatable bonds is 5. The van der Waals surface area contributed by atoms with Gasteiger partial charge in [-0.25, -0.2) is 4.79 Å². The molecule has 1 aromatic carbocycles. The molecule has 1 saturated carbocycles. The van der Waals surface area contributed by atoms with Gasteiger partial charge in [0, 0.05) is 17.0 Å². The van der Waals surface area contributed by atoms with Gasteiger partial charge < -0.3 is 10.4 Å². The number of nitrogens with one attached hydrogen (secondary N) is 1. The molecule has 0 heterocycles. The SMILES string of the molecule is CSC1(CNc2ccccc2C(=O)O)CCCC1. The summed E-state index contributed by atoms with van der Waals surface area (Å²) >= 11 is 1.90. The third kappa shape index (κ3) is 2.80. The Labute approximate surface area is 112 Å². The summed E-state index contributed by atoms with van der Waals surface area (Å²) in [5.74, 6) is -0.872. The zero-order valence-electron chi connectivity index (χ0n) is 10.6. The minimum atomic E-state index is -0.872. The maximum Gasteiger partial charge on any atom is 0.337 e. The predicted molar refractivity (Wildman–Crippen MR) is 76.6 cm³/mol. The van der Waals surface area contributed by atoms with E-state index in [0.717, 1.165) is 12.2 Å². The molecule has 1 aliphatic rings. The van der Waals surface area contributed by atoms with Crippen LogP contribution in [0, 0.1) is 0 Å². The molecule has 0 atom stereocenters. The molecule has 2 N–H and O–H groups in total. The summed E-state index contributed by atoms with van der Waals surface area (Å²) in [4.78, 5) is 11.1. The molecule has 98 valence electrons. The largest absolute Gasteiger partial charge is 0.478 e. The number of thioether (sulfide) groups is 1. The van der Waals surface area contributed by atoms with Crippen molar-refractivity contribution in [1.82, 2.24) is 0 Å². The molecular weight excluding hydrogens is 246 g/mol. The lowest BCUT2D eigenvalue weighted by Gasteiger charge is -2.27. The Kier molecular flexibility index (Phi) is 4.17. The second-order valence-corrected chi connectivity index (χ2v) is 6.07. The molecule has 0 spiro atoms. The molecule has 0 unspecified atom stereocenters. The number of aromatic carboxylic acids is 1. The average molecular weight is 265 g/mol. The molecular formula is C14H19NO2S. The number of para-hydroxylation sites is 1. The molecule has 0 amide bonds. The second kappa shape index (κ2) is 5.65. The van der Waals surface area contributed by atoms with Gasteiger partial charge in [-0.2, -0.15) is 11.8 Å². The number of anilines is 1. The van der Waals surface area contributed by atoms with E-state index in [1.165, 1.54) is 25.7 Å². The van der Waals surface area contributed by atoms with Gasteiger partial charge in [0.2, 0.25) is 0 Å². The highest BCUT2D eigenvalue weighted by Gasteiger charge is 2.32. The van der Waals surface area contributed by atoms with Gasteiger partial charge in [0.1, 0.15) is 0 Å². The first-order valence-electron chi connectivity index (χ1n) is 6.28. The summed E-state index contributed by atoms with van der Waals surface area (Å²) in [5, 5.41) is 12.5. The van der Waals surface area contributed by atoms with Crippen LogP contribution in [-0.2, 0) is 0 Å². The van der Waals surface area contributed by atoms with Crippen molar-refractivity contribution < 1.29 is 9.90 Å². The summed E-state index contributed by atoms with van der Waals surface area (Å²) in [6, 6.07) is 7.11. The Balaban J connectivity index is 2.08. The zero-order chi connectivity index (χ0) is 13.0. The molecule has 0 aromatic heterocycles. The lowest BCUT2D eigenvalue weighted by atomic mass is 10.1. The predicted octanol–water partition coefficient (Wildman–Crippen LogP) is 3.47. The topological polar surface area (TPSA) is 49.3 Å². The summed E-state index contributed by atoms with van der Waals surface area (Å²) in [6.07, 6.45) is 7.15. The van der Waals surface area contributed by atoms with Gasteiger partial charge in [-0.05, 0) is 31.2 Å². The van der Waals surface area contributed by atoms with Gasteiger partial charge in [0.15, 0.2) is 0 Å². The number of benzene rings is 1. The van der Waals surface area contributed by atoms with Crippen LogP contribution in [-0.4, -0.2) is 28.6 Å².